The van der Waals surface area contributed by atoms with Crippen molar-refractivity contribution in [2.45, 2.75) is 41.5 Å². The van der Waals surface area contributed by atoms with Gasteiger partial charge in [-0.05, 0) is 63.8 Å². The summed E-state index contributed by atoms with van der Waals surface area (Å²) in [5, 5.41) is 1.63. The maximum absolute atomic E-state index is 14.9. The van der Waals surface area contributed by atoms with Gasteiger partial charge in [-0.25, -0.2) is 9.59 Å². The van der Waals surface area contributed by atoms with Crippen molar-refractivity contribution in [2.75, 3.05) is 26.4 Å². The first-order valence-electron chi connectivity index (χ1n) is 20.0. The van der Waals surface area contributed by atoms with Crippen molar-refractivity contribution in [3.63, 3.8) is 0 Å². The Morgan fingerprint density at radius 3 is 0.968 bits per heavy atom. The number of benzene rings is 6. The third-order valence-electron chi connectivity index (χ3n) is 10.6. The second kappa shape index (κ2) is 19.6. The zero-order chi connectivity index (χ0) is 44.6. The lowest BCUT2D eigenvalue weighted by Gasteiger charge is -2.22. The molecule has 0 amide bonds. The van der Waals surface area contributed by atoms with Crippen LogP contribution in [0.5, 0.6) is 11.5 Å². The molecule has 0 radical (unpaired) electrons. The molecule has 318 valence electrons. The van der Waals surface area contributed by atoms with Crippen molar-refractivity contribution in [2.24, 2.45) is 0 Å². The van der Waals surface area contributed by atoms with Gasteiger partial charge in [-0.1, -0.05) is 133 Å². The highest BCUT2D eigenvalue weighted by molar-refractivity contribution is 7.94. The zero-order valence-corrected chi connectivity index (χ0v) is 37.3. The highest BCUT2D eigenvalue weighted by Gasteiger charge is 2.40. The van der Waals surface area contributed by atoms with Gasteiger partial charge in [-0.2, -0.15) is 0 Å². The fraction of sp³-hybridized carbons (Fsp3) is 0.200. The first-order valence-corrected chi connectivity index (χ1v) is 23.4. The molecule has 62 heavy (non-hydrogen) atoms. The Morgan fingerprint density at radius 2 is 0.694 bits per heavy atom. The van der Waals surface area contributed by atoms with Crippen LogP contribution >= 0.6 is 14.3 Å². The van der Waals surface area contributed by atoms with E-state index in [0.29, 0.717) is 66.1 Å². The van der Waals surface area contributed by atoms with Crippen LogP contribution in [-0.2, 0) is 28.2 Å². The molecule has 0 atom stereocenters. The minimum atomic E-state index is -3.81. The fourth-order valence-corrected chi connectivity index (χ4v) is 12.9. The van der Waals surface area contributed by atoms with Crippen molar-refractivity contribution < 1.29 is 47.3 Å². The van der Waals surface area contributed by atoms with E-state index in [4.69, 9.17) is 18.9 Å². The average molecular weight is 871 g/mol. The molecule has 0 spiro atoms. The van der Waals surface area contributed by atoms with Gasteiger partial charge >= 0.3 is 11.9 Å². The van der Waals surface area contributed by atoms with E-state index in [0.717, 1.165) is 0 Å². The van der Waals surface area contributed by atoms with Crippen molar-refractivity contribution in [3.05, 3.63) is 178 Å². The standard InChI is InChI=1S/C50H48O10P2/c1-33-29-35(3)47(37(5)45(33)49(53)61(55,39-19-11-7-12-20-39)40-21-13-8-14-22-40)59-31-43(51)57-27-28-58-44(52)32-60-48-36(4)30-34(2)46(38(48)6)50(54)62(56,41-23-15-9-16-24-41)42-25-17-10-18-26-42/h7-26,29-30H,27-28,31-32H2,1-6H3. The number of aryl methyl sites for hydroxylation is 4. The van der Waals surface area contributed by atoms with Crippen LogP contribution in [0.4, 0.5) is 0 Å². The maximum atomic E-state index is 14.9. The molecular formula is C50H48O10P2. The van der Waals surface area contributed by atoms with E-state index in [9.17, 15) is 28.3 Å². The molecule has 6 rings (SSSR count). The summed E-state index contributed by atoms with van der Waals surface area (Å²) in [6.07, 6.45) is 0. The number of carbonyl (C=O) groups is 4. The van der Waals surface area contributed by atoms with Gasteiger partial charge in [0.2, 0.25) is 25.3 Å². The summed E-state index contributed by atoms with van der Waals surface area (Å²) < 4.78 is 52.1. The van der Waals surface area contributed by atoms with Gasteiger partial charge in [0.25, 0.3) is 0 Å². The molecule has 0 saturated carbocycles. The summed E-state index contributed by atoms with van der Waals surface area (Å²) in [6, 6.07) is 38.2. The molecule has 0 fully saturated rings. The summed E-state index contributed by atoms with van der Waals surface area (Å²) in [6.45, 7) is 8.98. The molecule has 6 aromatic carbocycles. The third-order valence-corrected chi connectivity index (χ3v) is 16.3. The highest BCUT2D eigenvalue weighted by Crippen LogP contribution is 2.50. The molecule has 0 N–H and O–H groups in total. The molecule has 0 aliphatic carbocycles. The second-order valence-corrected chi connectivity index (χ2v) is 20.2. The summed E-state index contributed by atoms with van der Waals surface area (Å²) in [5.41, 5.74) is 2.89. The van der Waals surface area contributed by atoms with Crippen LogP contribution in [0.2, 0.25) is 0 Å². The van der Waals surface area contributed by atoms with E-state index in [1.807, 2.05) is 0 Å². The van der Waals surface area contributed by atoms with E-state index in [1.54, 1.807) is 175 Å². The van der Waals surface area contributed by atoms with E-state index in [1.165, 1.54) is 0 Å². The predicted molar refractivity (Wildman–Crippen MR) is 242 cm³/mol. The van der Waals surface area contributed by atoms with Crippen LogP contribution in [0, 0.1) is 41.5 Å². The van der Waals surface area contributed by atoms with Crippen LogP contribution in [0.15, 0.2) is 133 Å². The van der Waals surface area contributed by atoms with Gasteiger partial charge < -0.3 is 28.1 Å². The highest BCUT2D eigenvalue weighted by atomic mass is 31.2. The molecule has 0 heterocycles. The van der Waals surface area contributed by atoms with Gasteiger partial charge in [0.15, 0.2) is 13.2 Å². The van der Waals surface area contributed by atoms with Gasteiger partial charge in [0.05, 0.1) is 0 Å². The van der Waals surface area contributed by atoms with Crippen LogP contribution in [0.3, 0.4) is 0 Å². The lowest BCUT2D eigenvalue weighted by molar-refractivity contribution is -0.154. The van der Waals surface area contributed by atoms with E-state index in [-0.39, 0.29) is 24.3 Å². The van der Waals surface area contributed by atoms with Crippen molar-refractivity contribution in [1.29, 1.82) is 0 Å². The van der Waals surface area contributed by atoms with Crippen molar-refractivity contribution in [1.82, 2.24) is 0 Å². The Hall–Kier alpha value is -6.34. The van der Waals surface area contributed by atoms with Crippen LogP contribution < -0.4 is 30.7 Å². The lowest BCUT2D eigenvalue weighted by Crippen LogP contribution is -2.24. The Bertz CT molecular complexity index is 2440. The molecular weight excluding hydrogens is 822 g/mol. The monoisotopic (exact) mass is 870 g/mol. The third kappa shape index (κ3) is 9.28. The topological polar surface area (TPSA) is 139 Å². The van der Waals surface area contributed by atoms with Crippen LogP contribution in [0.25, 0.3) is 0 Å². The average Bonchev–Trinajstić information content (AvgIpc) is 3.27. The fourth-order valence-electron chi connectivity index (χ4n) is 7.73. The van der Waals surface area contributed by atoms with Gasteiger partial charge in [-0.15, -0.1) is 0 Å². The molecule has 10 nitrogen and oxygen atoms in total. The first-order chi connectivity index (χ1) is 29.7. The Morgan fingerprint density at radius 1 is 0.419 bits per heavy atom. The molecule has 12 heteroatoms. The minimum absolute atomic E-state index is 0.252. The molecule has 0 saturated heterocycles. The lowest BCUT2D eigenvalue weighted by atomic mass is 9.99. The van der Waals surface area contributed by atoms with Gasteiger partial charge in [-0.3, -0.25) is 9.59 Å². The Kier molecular flexibility index (Phi) is 14.3. The zero-order valence-electron chi connectivity index (χ0n) is 35.5. The Labute approximate surface area is 362 Å². The van der Waals surface area contributed by atoms with Crippen LogP contribution in [0.1, 0.15) is 54.1 Å². The quantitative estimate of drug-likeness (QED) is 0.0499. The van der Waals surface area contributed by atoms with E-state index in [2.05, 4.69) is 0 Å². The van der Waals surface area contributed by atoms with Gasteiger partial charge in [0, 0.05) is 43.5 Å². The molecule has 6 aromatic rings. The van der Waals surface area contributed by atoms with E-state index >= 15 is 0 Å². The minimum Gasteiger partial charge on any atom is -0.481 e. The van der Waals surface area contributed by atoms with E-state index < -0.39 is 50.5 Å². The molecule has 0 bridgehead atoms. The SMILES string of the molecule is Cc1cc(C)c(C(=O)P(=O)(c2ccccc2)c2ccccc2)c(C)c1OCC(=O)OCCOC(=O)COc1c(C)cc(C)c(C(=O)P(=O)(c2ccccc2)c2ccccc2)c1C. The molecule has 0 aliphatic rings. The van der Waals surface area contributed by atoms with Gasteiger partial charge in [0.1, 0.15) is 24.7 Å². The number of hydrogen-bond acceptors (Lipinski definition) is 10. The number of esters is 2. The molecule has 0 aromatic heterocycles. The van der Waals surface area contributed by atoms with Crippen LogP contribution in [-0.4, -0.2) is 49.4 Å². The van der Waals surface area contributed by atoms with Crippen molar-refractivity contribution in [3.8, 4) is 11.5 Å². The number of rotatable bonds is 17. The predicted octanol–water partition coefficient (Wildman–Crippen LogP) is 8.39. The smallest absolute Gasteiger partial charge is 0.344 e. The summed E-state index contributed by atoms with van der Waals surface area (Å²) >= 11 is 0. The number of ether oxygens (including phenoxy) is 4. The second-order valence-electron chi connectivity index (χ2n) is 14.9. The molecule has 0 unspecified atom stereocenters. The number of carbonyl (C=O) groups excluding carboxylic acids is 4. The van der Waals surface area contributed by atoms with Crippen molar-refractivity contribution >= 4 is 58.5 Å². The Balaban J connectivity index is 1.07. The summed E-state index contributed by atoms with van der Waals surface area (Å²) in [7, 11) is -7.63. The summed E-state index contributed by atoms with van der Waals surface area (Å²) in [4.78, 5) is 54.4. The largest absolute Gasteiger partial charge is 0.481 e. The number of hydrogen-bond donors (Lipinski definition) is 0. The first kappa shape index (κ1) is 45.2. The normalized spacial score (nSPS) is 11.4. The molecule has 0 aliphatic heterocycles. The summed E-state index contributed by atoms with van der Waals surface area (Å²) in [5.74, 6) is -0.895. The maximum Gasteiger partial charge on any atom is 0.344 e.